The van der Waals surface area contributed by atoms with Gasteiger partial charge in [0, 0.05) is 32.8 Å². The molecule has 1 fully saturated rings. The number of ether oxygens (including phenoxy) is 2. The van der Waals surface area contributed by atoms with E-state index in [-0.39, 0.29) is 24.0 Å². The smallest absolute Gasteiger partial charge is 0.191 e. The lowest BCUT2D eigenvalue weighted by molar-refractivity contribution is 0.203. The molecule has 0 spiro atoms. The van der Waals surface area contributed by atoms with E-state index in [0.29, 0.717) is 13.2 Å². The first-order valence-corrected chi connectivity index (χ1v) is 7.88. The summed E-state index contributed by atoms with van der Waals surface area (Å²) in [6.45, 7) is 4.99. The third-order valence-corrected chi connectivity index (χ3v) is 3.66. The first-order valence-electron chi connectivity index (χ1n) is 7.88. The van der Waals surface area contributed by atoms with E-state index in [1.165, 1.54) is 18.4 Å². The Morgan fingerprint density at radius 1 is 1.30 bits per heavy atom. The van der Waals surface area contributed by atoms with E-state index in [4.69, 9.17) is 9.47 Å². The Balaban J connectivity index is 0.00000264. The van der Waals surface area contributed by atoms with E-state index >= 15 is 0 Å². The fourth-order valence-electron chi connectivity index (χ4n) is 2.11. The molecule has 2 rings (SSSR count). The van der Waals surface area contributed by atoms with E-state index in [0.717, 1.165) is 36.3 Å². The number of methoxy groups -OCH3 is 1. The zero-order valence-corrected chi connectivity index (χ0v) is 16.6. The van der Waals surface area contributed by atoms with Crippen LogP contribution in [-0.4, -0.2) is 39.9 Å². The largest absolute Gasteiger partial charge is 0.493 e. The molecular formula is C17H28IN3O2. The highest BCUT2D eigenvalue weighted by Gasteiger charge is 2.22. The molecule has 0 radical (unpaired) electrons. The summed E-state index contributed by atoms with van der Waals surface area (Å²) in [5, 5.41) is 6.52. The summed E-state index contributed by atoms with van der Waals surface area (Å²) < 4.78 is 11.0. The molecule has 1 saturated carbocycles. The van der Waals surface area contributed by atoms with Gasteiger partial charge in [-0.3, -0.25) is 4.99 Å². The Morgan fingerprint density at radius 3 is 2.74 bits per heavy atom. The second kappa shape index (κ2) is 10.7. The summed E-state index contributed by atoms with van der Waals surface area (Å²) in [5.41, 5.74) is 2.37. The van der Waals surface area contributed by atoms with Crippen LogP contribution in [-0.2, 0) is 11.3 Å². The van der Waals surface area contributed by atoms with Crippen LogP contribution in [0.15, 0.2) is 23.2 Å². The van der Waals surface area contributed by atoms with Gasteiger partial charge in [0.15, 0.2) is 5.96 Å². The van der Waals surface area contributed by atoms with Crippen LogP contribution in [0.3, 0.4) is 0 Å². The van der Waals surface area contributed by atoms with Crippen LogP contribution >= 0.6 is 24.0 Å². The summed E-state index contributed by atoms with van der Waals surface area (Å²) in [7, 11) is 3.45. The maximum atomic E-state index is 5.99. The minimum Gasteiger partial charge on any atom is -0.493 e. The van der Waals surface area contributed by atoms with Gasteiger partial charge >= 0.3 is 0 Å². The van der Waals surface area contributed by atoms with Crippen molar-refractivity contribution in [2.75, 3.05) is 33.9 Å². The van der Waals surface area contributed by atoms with Gasteiger partial charge in [0.05, 0.1) is 13.2 Å². The van der Waals surface area contributed by atoms with Crippen molar-refractivity contribution in [3.63, 3.8) is 0 Å². The van der Waals surface area contributed by atoms with Crippen LogP contribution in [0.1, 0.15) is 24.0 Å². The highest BCUT2D eigenvalue weighted by molar-refractivity contribution is 14.0. The molecule has 0 atom stereocenters. The summed E-state index contributed by atoms with van der Waals surface area (Å²) in [5.74, 6) is 2.50. The molecule has 1 aromatic rings. The van der Waals surface area contributed by atoms with Crippen LogP contribution in [0.5, 0.6) is 5.75 Å². The average molecular weight is 433 g/mol. The van der Waals surface area contributed by atoms with Crippen LogP contribution < -0.4 is 15.4 Å². The van der Waals surface area contributed by atoms with Crippen LogP contribution in [0.4, 0.5) is 0 Å². The summed E-state index contributed by atoms with van der Waals surface area (Å²) in [6.07, 6.45) is 2.60. The number of rotatable bonds is 8. The minimum absolute atomic E-state index is 0. The van der Waals surface area contributed by atoms with Crippen LogP contribution in [0.25, 0.3) is 0 Å². The van der Waals surface area contributed by atoms with Crippen molar-refractivity contribution in [3.8, 4) is 5.75 Å². The molecule has 1 aliphatic rings. The summed E-state index contributed by atoms with van der Waals surface area (Å²) in [6, 6.07) is 6.34. The maximum absolute atomic E-state index is 5.99. The highest BCUT2D eigenvalue weighted by Crippen LogP contribution is 2.30. The van der Waals surface area contributed by atoms with Gasteiger partial charge in [-0.25, -0.2) is 0 Å². The normalized spacial score (nSPS) is 14.1. The van der Waals surface area contributed by atoms with Gasteiger partial charge < -0.3 is 20.1 Å². The van der Waals surface area contributed by atoms with E-state index in [1.54, 1.807) is 14.2 Å². The summed E-state index contributed by atoms with van der Waals surface area (Å²) >= 11 is 0. The number of aliphatic imine (C=N–C) groups is 1. The van der Waals surface area contributed by atoms with Gasteiger partial charge in [-0.15, -0.1) is 24.0 Å². The molecule has 0 saturated heterocycles. The fourth-order valence-corrected chi connectivity index (χ4v) is 2.11. The second-order valence-electron chi connectivity index (χ2n) is 5.71. The number of hydrogen-bond donors (Lipinski definition) is 2. The Kier molecular flexibility index (Phi) is 9.31. The Hall–Kier alpha value is -1.02. The number of aryl methyl sites for hydroxylation is 1. The SMILES string of the molecule is CN=C(NCCOC)NCc1ccc(C)cc1OCC1CC1.I. The third kappa shape index (κ3) is 7.39. The van der Waals surface area contributed by atoms with Crippen molar-refractivity contribution >= 4 is 29.9 Å². The second-order valence-corrected chi connectivity index (χ2v) is 5.71. The van der Waals surface area contributed by atoms with E-state index in [2.05, 4.69) is 40.7 Å². The Bertz CT molecular complexity index is 505. The number of benzene rings is 1. The van der Waals surface area contributed by atoms with E-state index < -0.39 is 0 Å². The monoisotopic (exact) mass is 433 g/mol. The first-order chi connectivity index (χ1) is 10.7. The number of hydrogen-bond acceptors (Lipinski definition) is 3. The molecule has 0 unspecified atom stereocenters. The van der Waals surface area contributed by atoms with Crippen molar-refractivity contribution in [2.24, 2.45) is 10.9 Å². The number of nitrogens with zero attached hydrogens (tertiary/aromatic N) is 1. The first kappa shape index (κ1) is 20.0. The Morgan fingerprint density at radius 2 is 2.09 bits per heavy atom. The molecule has 1 aromatic carbocycles. The number of halogens is 1. The van der Waals surface area contributed by atoms with Crippen molar-refractivity contribution in [1.29, 1.82) is 0 Å². The topological polar surface area (TPSA) is 54.9 Å². The number of guanidine groups is 1. The third-order valence-electron chi connectivity index (χ3n) is 3.66. The van der Waals surface area contributed by atoms with E-state index in [9.17, 15) is 0 Å². The lowest BCUT2D eigenvalue weighted by Crippen LogP contribution is -2.38. The van der Waals surface area contributed by atoms with Gasteiger partial charge in [0.1, 0.15) is 5.75 Å². The van der Waals surface area contributed by atoms with Gasteiger partial charge in [-0.05, 0) is 37.3 Å². The van der Waals surface area contributed by atoms with Crippen molar-refractivity contribution in [1.82, 2.24) is 10.6 Å². The predicted octanol–water partition coefficient (Wildman–Crippen LogP) is 2.71. The predicted molar refractivity (Wildman–Crippen MR) is 105 cm³/mol. The van der Waals surface area contributed by atoms with Gasteiger partial charge in [-0.1, -0.05) is 12.1 Å². The van der Waals surface area contributed by atoms with Crippen molar-refractivity contribution < 1.29 is 9.47 Å². The number of nitrogens with one attached hydrogen (secondary N) is 2. The molecular weight excluding hydrogens is 405 g/mol. The summed E-state index contributed by atoms with van der Waals surface area (Å²) in [4.78, 5) is 4.20. The van der Waals surface area contributed by atoms with Crippen LogP contribution in [0.2, 0.25) is 0 Å². The zero-order valence-electron chi connectivity index (χ0n) is 14.2. The average Bonchev–Trinajstić information content (AvgIpc) is 3.34. The molecule has 2 N–H and O–H groups in total. The lowest BCUT2D eigenvalue weighted by Gasteiger charge is -2.15. The molecule has 0 amide bonds. The minimum atomic E-state index is 0. The highest BCUT2D eigenvalue weighted by atomic mass is 127. The maximum Gasteiger partial charge on any atom is 0.191 e. The standard InChI is InChI=1S/C17H27N3O2.HI/c1-13-4-7-15(16(10-13)22-12-14-5-6-14)11-20-17(18-2)19-8-9-21-3;/h4,7,10,14H,5-6,8-9,11-12H2,1-3H3,(H2,18,19,20);1H. The molecule has 23 heavy (non-hydrogen) atoms. The molecule has 1 aliphatic carbocycles. The molecule has 0 aliphatic heterocycles. The molecule has 130 valence electrons. The Labute approximate surface area is 156 Å². The molecule has 0 aromatic heterocycles. The quantitative estimate of drug-likeness (QED) is 0.287. The molecule has 0 bridgehead atoms. The van der Waals surface area contributed by atoms with Gasteiger partial charge in [0.25, 0.3) is 0 Å². The van der Waals surface area contributed by atoms with Gasteiger partial charge in [-0.2, -0.15) is 0 Å². The zero-order chi connectivity index (χ0) is 15.8. The van der Waals surface area contributed by atoms with Crippen molar-refractivity contribution in [2.45, 2.75) is 26.3 Å². The molecule has 6 heteroatoms. The van der Waals surface area contributed by atoms with Crippen molar-refractivity contribution in [3.05, 3.63) is 29.3 Å². The lowest BCUT2D eigenvalue weighted by atomic mass is 10.1. The van der Waals surface area contributed by atoms with Gasteiger partial charge in [0.2, 0.25) is 0 Å². The van der Waals surface area contributed by atoms with Crippen LogP contribution in [0, 0.1) is 12.8 Å². The molecule has 0 heterocycles. The van der Waals surface area contributed by atoms with E-state index in [1.807, 2.05) is 0 Å². The molecule has 5 nitrogen and oxygen atoms in total. The fraction of sp³-hybridized carbons (Fsp3) is 0.588.